The lowest BCUT2D eigenvalue weighted by molar-refractivity contribution is 0.0948. The minimum atomic E-state index is -0.232. The van der Waals surface area contributed by atoms with Gasteiger partial charge >= 0.3 is 0 Å². The second-order valence-corrected chi connectivity index (χ2v) is 6.11. The van der Waals surface area contributed by atoms with E-state index in [1.165, 1.54) is 0 Å². The second kappa shape index (κ2) is 9.20. The first-order valence-electron chi connectivity index (χ1n) is 7.79. The lowest BCUT2D eigenvalue weighted by Gasteiger charge is -2.10. The van der Waals surface area contributed by atoms with Crippen LogP contribution in [0.1, 0.15) is 16.1 Å². The lowest BCUT2D eigenvalue weighted by atomic mass is 10.1. The van der Waals surface area contributed by atoms with E-state index in [1.54, 1.807) is 12.1 Å². The number of carbonyl (C=O) groups is 1. The summed E-state index contributed by atoms with van der Waals surface area (Å²) in [6.45, 7) is 2.18. The molecule has 6 nitrogen and oxygen atoms in total. The van der Waals surface area contributed by atoms with Gasteiger partial charge in [-0.05, 0) is 50.3 Å². The molecule has 0 atom stereocenters. The van der Waals surface area contributed by atoms with Crippen LogP contribution in [0.15, 0.2) is 36.4 Å². The number of rotatable bonds is 8. The maximum atomic E-state index is 12.0. The zero-order chi connectivity index (χ0) is 17.4. The Balaban J connectivity index is 1.77. The molecule has 0 spiro atoms. The molecule has 2 N–H and O–H groups in total. The Morgan fingerprint density at radius 2 is 2.00 bits per heavy atom. The average molecular weight is 348 g/mol. The van der Waals surface area contributed by atoms with Crippen molar-refractivity contribution in [2.24, 2.45) is 0 Å². The summed E-state index contributed by atoms with van der Waals surface area (Å²) >= 11 is 5.94. The number of halogens is 1. The van der Waals surface area contributed by atoms with E-state index in [4.69, 9.17) is 11.6 Å². The van der Waals surface area contributed by atoms with Gasteiger partial charge in [-0.3, -0.25) is 4.79 Å². The van der Waals surface area contributed by atoms with Crippen LogP contribution in [-0.4, -0.2) is 54.7 Å². The molecule has 0 radical (unpaired) electrons. The fourth-order valence-electron chi connectivity index (χ4n) is 2.06. The van der Waals surface area contributed by atoms with E-state index in [0.717, 1.165) is 18.7 Å². The first kappa shape index (κ1) is 18.2. The largest absolute Gasteiger partial charge is 0.367 e. The summed E-state index contributed by atoms with van der Waals surface area (Å²) in [5.74, 6) is 0.427. The molecule has 0 saturated carbocycles. The first-order chi connectivity index (χ1) is 11.5. The molecule has 128 valence electrons. The smallest absolute Gasteiger partial charge is 0.271 e. The molecule has 2 aromatic rings. The number of likely N-dealkylation sites (N-methyl/N-ethyl adjacent to an activating group) is 1. The Morgan fingerprint density at radius 1 is 1.17 bits per heavy atom. The number of nitrogens with zero attached hydrogens (tertiary/aromatic N) is 3. The first-order valence-corrected chi connectivity index (χ1v) is 8.17. The van der Waals surface area contributed by atoms with Crippen LogP contribution in [0.2, 0.25) is 5.02 Å². The standard InChI is InChI=1S/C17H22ClN5O/c1-23(2)11-10-19-16-7-6-15(21-22-16)17(24)20-9-8-13-4-3-5-14(18)12-13/h3-7,12H,8-11H2,1-2H3,(H,19,22)(H,20,24). The van der Waals surface area contributed by atoms with Crippen molar-refractivity contribution in [1.29, 1.82) is 0 Å². The summed E-state index contributed by atoms with van der Waals surface area (Å²) in [5, 5.41) is 14.7. The van der Waals surface area contributed by atoms with Crippen molar-refractivity contribution in [3.05, 3.63) is 52.7 Å². The summed E-state index contributed by atoms with van der Waals surface area (Å²) in [4.78, 5) is 14.1. The Morgan fingerprint density at radius 3 is 2.67 bits per heavy atom. The molecule has 0 saturated heterocycles. The van der Waals surface area contributed by atoms with Crippen LogP contribution in [0.25, 0.3) is 0 Å². The molecular weight excluding hydrogens is 326 g/mol. The van der Waals surface area contributed by atoms with Crippen LogP contribution in [0, 0.1) is 0 Å². The minimum absolute atomic E-state index is 0.232. The van der Waals surface area contributed by atoms with Crippen molar-refractivity contribution in [2.45, 2.75) is 6.42 Å². The molecule has 2 rings (SSSR count). The average Bonchev–Trinajstić information content (AvgIpc) is 2.55. The van der Waals surface area contributed by atoms with Crippen molar-refractivity contribution in [3.8, 4) is 0 Å². The zero-order valence-corrected chi connectivity index (χ0v) is 14.7. The van der Waals surface area contributed by atoms with Gasteiger partial charge in [-0.25, -0.2) is 0 Å². The summed E-state index contributed by atoms with van der Waals surface area (Å²) < 4.78 is 0. The molecule has 0 aliphatic carbocycles. The van der Waals surface area contributed by atoms with E-state index in [1.807, 2.05) is 38.4 Å². The van der Waals surface area contributed by atoms with Crippen LogP contribution in [0.5, 0.6) is 0 Å². The van der Waals surface area contributed by atoms with E-state index in [0.29, 0.717) is 29.5 Å². The van der Waals surface area contributed by atoms with E-state index in [2.05, 4.69) is 25.7 Å². The van der Waals surface area contributed by atoms with Gasteiger partial charge in [-0.1, -0.05) is 23.7 Å². The normalized spacial score (nSPS) is 10.7. The third-order valence-electron chi connectivity index (χ3n) is 3.35. The number of anilines is 1. The van der Waals surface area contributed by atoms with Crippen molar-refractivity contribution in [2.75, 3.05) is 39.0 Å². The highest BCUT2D eigenvalue weighted by atomic mass is 35.5. The maximum Gasteiger partial charge on any atom is 0.271 e. The Bertz CT molecular complexity index is 660. The highest BCUT2D eigenvalue weighted by Crippen LogP contribution is 2.10. The predicted molar refractivity (Wildman–Crippen MR) is 96.6 cm³/mol. The maximum absolute atomic E-state index is 12.0. The molecule has 0 aliphatic heterocycles. The van der Waals surface area contributed by atoms with Gasteiger partial charge in [0, 0.05) is 24.7 Å². The number of carbonyl (C=O) groups excluding carboxylic acids is 1. The molecule has 0 aliphatic rings. The van der Waals surface area contributed by atoms with Gasteiger partial charge in [0.2, 0.25) is 0 Å². The molecule has 0 bridgehead atoms. The van der Waals surface area contributed by atoms with Crippen molar-refractivity contribution < 1.29 is 4.79 Å². The summed E-state index contributed by atoms with van der Waals surface area (Å²) in [6.07, 6.45) is 0.712. The highest BCUT2D eigenvalue weighted by Gasteiger charge is 2.07. The van der Waals surface area contributed by atoms with E-state index in [-0.39, 0.29) is 5.91 Å². The third-order valence-corrected chi connectivity index (χ3v) is 3.59. The Hall–Kier alpha value is -2.18. The van der Waals surface area contributed by atoms with E-state index < -0.39 is 0 Å². The molecule has 0 unspecified atom stereocenters. The summed E-state index contributed by atoms with van der Waals surface area (Å²) in [7, 11) is 4.01. The molecule has 24 heavy (non-hydrogen) atoms. The van der Waals surface area contributed by atoms with Crippen LogP contribution < -0.4 is 10.6 Å². The number of aromatic nitrogens is 2. The Labute approximate surface area is 147 Å². The van der Waals surface area contributed by atoms with Crippen LogP contribution in [0.4, 0.5) is 5.82 Å². The highest BCUT2D eigenvalue weighted by molar-refractivity contribution is 6.30. The van der Waals surface area contributed by atoms with E-state index >= 15 is 0 Å². The quantitative estimate of drug-likeness (QED) is 0.765. The van der Waals surface area contributed by atoms with Gasteiger partial charge in [0.1, 0.15) is 5.82 Å². The SMILES string of the molecule is CN(C)CCNc1ccc(C(=O)NCCc2cccc(Cl)c2)nn1. The van der Waals surface area contributed by atoms with Crippen molar-refractivity contribution in [3.63, 3.8) is 0 Å². The minimum Gasteiger partial charge on any atom is -0.367 e. The van der Waals surface area contributed by atoms with E-state index in [9.17, 15) is 4.79 Å². The summed E-state index contributed by atoms with van der Waals surface area (Å²) in [5.41, 5.74) is 1.38. The fourth-order valence-corrected chi connectivity index (χ4v) is 2.27. The zero-order valence-electron chi connectivity index (χ0n) is 13.9. The molecule has 1 aromatic heterocycles. The number of nitrogens with one attached hydrogen (secondary N) is 2. The lowest BCUT2D eigenvalue weighted by Crippen LogP contribution is -2.27. The van der Waals surface area contributed by atoms with Crippen LogP contribution in [-0.2, 0) is 6.42 Å². The second-order valence-electron chi connectivity index (χ2n) is 5.67. The monoisotopic (exact) mass is 347 g/mol. The number of hydrogen-bond donors (Lipinski definition) is 2. The molecule has 1 heterocycles. The number of hydrogen-bond acceptors (Lipinski definition) is 5. The third kappa shape index (κ3) is 6.14. The number of amides is 1. The topological polar surface area (TPSA) is 70.2 Å². The van der Waals surface area contributed by atoms with Gasteiger partial charge in [-0.2, -0.15) is 0 Å². The van der Waals surface area contributed by atoms with Crippen LogP contribution >= 0.6 is 11.6 Å². The Kier molecular flexibility index (Phi) is 6.96. The van der Waals surface area contributed by atoms with Gasteiger partial charge < -0.3 is 15.5 Å². The fraction of sp³-hybridized carbons (Fsp3) is 0.353. The molecule has 1 aromatic carbocycles. The van der Waals surface area contributed by atoms with Crippen LogP contribution in [0.3, 0.4) is 0 Å². The predicted octanol–water partition coefficient (Wildman–Crippen LogP) is 2.08. The number of benzene rings is 1. The van der Waals surface area contributed by atoms with Crippen molar-refractivity contribution in [1.82, 2.24) is 20.4 Å². The van der Waals surface area contributed by atoms with Gasteiger partial charge in [0.15, 0.2) is 5.69 Å². The van der Waals surface area contributed by atoms with Crippen molar-refractivity contribution >= 4 is 23.3 Å². The molecule has 1 amide bonds. The van der Waals surface area contributed by atoms with Gasteiger partial charge in [-0.15, -0.1) is 10.2 Å². The summed E-state index contributed by atoms with van der Waals surface area (Å²) in [6, 6.07) is 11.0. The van der Waals surface area contributed by atoms with Gasteiger partial charge in [0.25, 0.3) is 5.91 Å². The molecule has 0 fully saturated rings. The van der Waals surface area contributed by atoms with Gasteiger partial charge in [0.05, 0.1) is 0 Å². The molecular formula is C17H22ClN5O. The molecule has 7 heteroatoms.